The number of oxime groups is 1. The van der Waals surface area contributed by atoms with Crippen molar-refractivity contribution in [1.82, 2.24) is 0 Å². The third-order valence-corrected chi connectivity index (χ3v) is 2.15. The van der Waals surface area contributed by atoms with Gasteiger partial charge >= 0.3 is 0 Å². The minimum atomic E-state index is -0.0335. The zero-order valence-corrected chi connectivity index (χ0v) is 5.62. The van der Waals surface area contributed by atoms with E-state index in [1.165, 1.54) is 0 Å². The molecule has 2 rings (SSSR count). The molecule has 1 heterocycles. The van der Waals surface area contributed by atoms with E-state index in [1.807, 2.05) is 0 Å². The fraction of sp³-hybridized carbons (Fsp3) is 0.833. The van der Waals surface area contributed by atoms with Gasteiger partial charge in [-0.25, -0.2) is 0 Å². The number of rotatable bonds is 0. The molecule has 0 radical (unpaired) electrons. The second kappa shape index (κ2) is 1.78. The van der Waals surface area contributed by atoms with Crippen molar-refractivity contribution in [3.05, 3.63) is 0 Å². The van der Waals surface area contributed by atoms with Crippen LogP contribution in [0.2, 0.25) is 0 Å². The molecule has 0 amide bonds. The highest BCUT2D eigenvalue weighted by Crippen LogP contribution is 2.41. The molecular formula is C6H9N3O. The molecule has 4 nitrogen and oxygen atoms in total. The molecule has 0 aromatic heterocycles. The molecule has 0 aromatic rings. The summed E-state index contributed by atoms with van der Waals surface area (Å²) in [7, 11) is 0. The Bertz CT molecular complexity index is 191. The first kappa shape index (κ1) is 5.82. The van der Waals surface area contributed by atoms with E-state index in [9.17, 15) is 0 Å². The summed E-state index contributed by atoms with van der Waals surface area (Å²) in [6, 6.07) is 0. The van der Waals surface area contributed by atoms with Gasteiger partial charge in [-0.15, -0.1) is 0 Å². The average Bonchev–Trinajstić information content (AvgIpc) is 2.72. The van der Waals surface area contributed by atoms with E-state index >= 15 is 0 Å². The maximum Gasteiger partial charge on any atom is 0.191 e. The normalized spacial score (nSPS) is 27.0. The first-order valence-corrected chi connectivity index (χ1v) is 3.49. The molecule has 0 aromatic carbocycles. The molecule has 2 aliphatic rings. The summed E-state index contributed by atoms with van der Waals surface area (Å²) >= 11 is 0. The van der Waals surface area contributed by atoms with E-state index in [4.69, 9.17) is 5.21 Å². The predicted molar refractivity (Wildman–Crippen MR) is 35.3 cm³/mol. The third-order valence-electron chi connectivity index (χ3n) is 2.15. The molecule has 0 atom stereocenters. The lowest BCUT2D eigenvalue weighted by Crippen LogP contribution is -2.20. The van der Waals surface area contributed by atoms with Crippen LogP contribution in [0.3, 0.4) is 0 Å². The van der Waals surface area contributed by atoms with Crippen LogP contribution in [0.25, 0.3) is 0 Å². The second-order valence-corrected chi connectivity index (χ2v) is 2.85. The van der Waals surface area contributed by atoms with Crippen molar-refractivity contribution >= 4 is 5.71 Å². The van der Waals surface area contributed by atoms with Crippen molar-refractivity contribution in [2.75, 3.05) is 0 Å². The van der Waals surface area contributed by atoms with Crippen molar-refractivity contribution in [3.8, 4) is 0 Å². The summed E-state index contributed by atoms with van der Waals surface area (Å²) in [5.41, 5.74) is 0.858. The van der Waals surface area contributed by atoms with Gasteiger partial charge in [-0.05, 0) is 12.8 Å². The van der Waals surface area contributed by atoms with E-state index < -0.39 is 0 Å². The molecule has 0 bridgehead atoms. The topological polar surface area (TPSA) is 57.3 Å². The van der Waals surface area contributed by atoms with Gasteiger partial charge in [0.1, 0.15) is 0 Å². The average molecular weight is 139 g/mol. The smallest absolute Gasteiger partial charge is 0.191 e. The number of hydrogen-bond acceptors (Lipinski definition) is 4. The fourth-order valence-electron chi connectivity index (χ4n) is 1.31. The van der Waals surface area contributed by atoms with Gasteiger partial charge in [0, 0.05) is 12.8 Å². The first-order valence-electron chi connectivity index (χ1n) is 3.49. The standard InChI is InChI=1S/C6H9N3O/c10-7-5-1-3-6(4-2-5)8-9-6/h10H,1-4H2. The molecule has 1 aliphatic heterocycles. The summed E-state index contributed by atoms with van der Waals surface area (Å²) in [6.07, 6.45) is 3.58. The Labute approximate surface area is 58.6 Å². The Kier molecular flexibility index (Phi) is 1.03. The van der Waals surface area contributed by atoms with E-state index in [1.54, 1.807) is 0 Å². The molecule has 1 saturated carbocycles. The van der Waals surface area contributed by atoms with Crippen LogP contribution in [0.15, 0.2) is 15.4 Å². The van der Waals surface area contributed by atoms with Gasteiger partial charge in [0.2, 0.25) is 0 Å². The van der Waals surface area contributed by atoms with Gasteiger partial charge in [-0.1, -0.05) is 5.16 Å². The van der Waals surface area contributed by atoms with Crippen molar-refractivity contribution in [3.63, 3.8) is 0 Å². The molecule has 0 saturated heterocycles. The Hall–Kier alpha value is -0.930. The van der Waals surface area contributed by atoms with Crippen molar-refractivity contribution in [2.24, 2.45) is 15.4 Å². The summed E-state index contributed by atoms with van der Waals surface area (Å²) in [5, 5.41) is 19.5. The van der Waals surface area contributed by atoms with Gasteiger partial charge in [-0.2, -0.15) is 10.2 Å². The highest BCUT2D eigenvalue weighted by Gasteiger charge is 2.42. The monoisotopic (exact) mass is 139 g/mol. The molecule has 0 unspecified atom stereocenters. The molecule has 1 aliphatic carbocycles. The molecule has 10 heavy (non-hydrogen) atoms. The summed E-state index contributed by atoms with van der Waals surface area (Å²) in [5.74, 6) is 0. The molecule has 54 valence electrons. The lowest BCUT2D eigenvalue weighted by Gasteiger charge is -2.16. The van der Waals surface area contributed by atoms with E-state index in [0.29, 0.717) is 0 Å². The lowest BCUT2D eigenvalue weighted by molar-refractivity contribution is 0.312. The van der Waals surface area contributed by atoms with Gasteiger partial charge in [0.05, 0.1) is 5.71 Å². The van der Waals surface area contributed by atoms with Crippen molar-refractivity contribution < 1.29 is 5.21 Å². The highest BCUT2D eigenvalue weighted by molar-refractivity contribution is 5.84. The lowest BCUT2D eigenvalue weighted by atomic mass is 9.91. The van der Waals surface area contributed by atoms with Gasteiger partial charge < -0.3 is 5.21 Å². The minimum absolute atomic E-state index is 0.0335. The van der Waals surface area contributed by atoms with Gasteiger partial charge in [0.15, 0.2) is 5.66 Å². The zero-order valence-electron chi connectivity index (χ0n) is 5.62. The van der Waals surface area contributed by atoms with Crippen molar-refractivity contribution in [2.45, 2.75) is 31.3 Å². The van der Waals surface area contributed by atoms with Crippen LogP contribution in [0.1, 0.15) is 25.7 Å². The SMILES string of the molecule is ON=C1CCC2(CC1)N=N2. The van der Waals surface area contributed by atoms with Crippen LogP contribution in [0, 0.1) is 0 Å². The molecule has 1 N–H and O–H groups in total. The van der Waals surface area contributed by atoms with E-state index in [2.05, 4.69) is 15.4 Å². The summed E-state index contributed by atoms with van der Waals surface area (Å²) in [6.45, 7) is 0. The second-order valence-electron chi connectivity index (χ2n) is 2.85. The van der Waals surface area contributed by atoms with E-state index in [0.717, 1.165) is 31.4 Å². The van der Waals surface area contributed by atoms with Crippen LogP contribution in [-0.2, 0) is 0 Å². The Morgan fingerprint density at radius 2 is 1.90 bits per heavy atom. The van der Waals surface area contributed by atoms with Crippen LogP contribution in [0.5, 0.6) is 0 Å². The maximum absolute atomic E-state index is 8.41. The summed E-state index contributed by atoms with van der Waals surface area (Å²) < 4.78 is 0. The summed E-state index contributed by atoms with van der Waals surface area (Å²) in [4.78, 5) is 0. The zero-order chi connectivity index (χ0) is 7.03. The molecule has 4 heteroatoms. The Morgan fingerprint density at radius 1 is 1.30 bits per heavy atom. The highest BCUT2D eigenvalue weighted by atomic mass is 16.4. The van der Waals surface area contributed by atoms with Crippen LogP contribution in [0.4, 0.5) is 0 Å². The molecule has 1 spiro atoms. The molecular weight excluding hydrogens is 130 g/mol. The molecule has 1 fully saturated rings. The number of nitrogens with zero attached hydrogens (tertiary/aromatic N) is 3. The fourth-order valence-corrected chi connectivity index (χ4v) is 1.31. The Balaban J connectivity index is 1.96. The van der Waals surface area contributed by atoms with Gasteiger partial charge in [0.25, 0.3) is 0 Å². The quantitative estimate of drug-likeness (QED) is 0.401. The van der Waals surface area contributed by atoms with Crippen LogP contribution >= 0.6 is 0 Å². The predicted octanol–water partition coefficient (Wildman–Crippen LogP) is 1.55. The van der Waals surface area contributed by atoms with Crippen molar-refractivity contribution in [1.29, 1.82) is 0 Å². The van der Waals surface area contributed by atoms with Crippen LogP contribution in [-0.4, -0.2) is 16.6 Å². The minimum Gasteiger partial charge on any atom is -0.411 e. The number of hydrogen-bond donors (Lipinski definition) is 1. The maximum atomic E-state index is 8.41. The van der Waals surface area contributed by atoms with E-state index in [-0.39, 0.29) is 5.66 Å². The first-order chi connectivity index (χ1) is 4.85. The largest absolute Gasteiger partial charge is 0.411 e. The van der Waals surface area contributed by atoms with Crippen LogP contribution < -0.4 is 0 Å². The van der Waals surface area contributed by atoms with Gasteiger partial charge in [-0.3, -0.25) is 0 Å². The Morgan fingerprint density at radius 3 is 2.30 bits per heavy atom. The third kappa shape index (κ3) is 0.798.